The van der Waals surface area contributed by atoms with Gasteiger partial charge in [0.15, 0.2) is 5.82 Å². The van der Waals surface area contributed by atoms with Crippen molar-refractivity contribution in [3.05, 3.63) is 70.0 Å². The third-order valence-corrected chi connectivity index (χ3v) is 3.80. The van der Waals surface area contributed by atoms with Crippen molar-refractivity contribution < 1.29 is 13.2 Å². The molecule has 0 saturated carbocycles. The third kappa shape index (κ3) is 3.69. The molecule has 0 aliphatic heterocycles. The normalized spacial score (nSPS) is 12.0. The molecule has 0 aliphatic rings. The van der Waals surface area contributed by atoms with E-state index in [2.05, 4.69) is 15.3 Å². The average molecular weight is 362 g/mol. The molecular formula is C17H13F3N4S. The van der Waals surface area contributed by atoms with Crippen molar-refractivity contribution in [1.29, 1.82) is 0 Å². The highest BCUT2D eigenvalue weighted by Crippen LogP contribution is 2.31. The van der Waals surface area contributed by atoms with E-state index in [-0.39, 0.29) is 10.3 Å². The maximum absolute atomic E-state index is 13.1. The first-order valence-corrected chi connectivity index (χ1v) is 7.72. The van der Waals surface area contributed by atoms with Crippen LogP contribution in [0.2, 0.25) is 0 Å². The number of alkyl halides is 3. The molecule has 0 atom stereocenters. The highest BCUT2D eigenvalue weighted by atomic mass is 32.1. The molecule has 0 fully saturated rings. The van der Waals surface area contributed by atoms with Crippen LogP contribution in [0.15, 0.2) is 53.6 Å². The lowest BCUT2D eigenvalue weighted by Gasteiger charge is -2.09. The van der Waals surface area contributed by atoms with Crippen LogP contribution in [-0.2, 0) is 6.18 Å². The van der Waals surface area contributed by atoms with Gasteiger partial charge in [0.25, 0.3) is 0 Å². The number of halogens is 3. The van der Waals surface area contributed by atoms with Gasteiger partial charge in [-0.2, -0.15) is 28.0 Å². The van der Waals surface area contributed by atoms with E-state index in [1.807, 2.05) is 31.2 Å². The van der Waals surface area contributed by atoms with Crippen molar-refractivity contribution >= 4 is 18.4 Å². The Kier molecular flexibility index (Phi) is 4.54. The molecule has 1 heterocycles. The Morgan fingerprint density at radius 1 is 1.12 bits per heavy atom. The minimum absolute atomic E-state index is 0.0482. The molecule has 0 spiro atoms. The molecule has 0 radical (unpaired) electrons. The first-order valence-electron chi connectivity index (χ1n) is 7.31. The van der Waals surface area contributed by atoms with Crippen molar-refractivity contribution in [3.8, 4) is 11.4 Å². The lowest BCUT2D eigenvalue weighted by atomic mass is 10.1. The van der Waals surface area contributed by atoms with Crippen LogP contribution in [0.1, 0.15) is 16.7 Å². The van der Waals surface area contributed by atoms with Crippen molar-refractivity contribution in [2.24, 2.45) is 5.10 Å². The molecule has 1 aromatic heterocycles. The molecule has 0 bridgehead atoms. The number of hydrogen-bond acceptors (Lipinski definition) is 3. The van der Waals surface area contributed by atoms with Gasteiger partial charge in [0.2, 0.25) is 4.77 Å². The second-order valence-corrected chi connectivity index (χ2v) is 5.75. The molecule has 0 aliphatic carbocycles. The first kappa shape index (κ1) is 17.1. The molecule has 3 rings (SSSR count). The average Bonchev–Trinajstić information content (AvgIpc) is 2.94. The summed E-state index contributed by atoms with van der Waals surface area (Å²) in [7, 11) is 0. The fourth-order valence-electron chi connectivity index (χ4n) is 2.28. The van der Waals surface area contributed by atoms with Gasteiger partial charge in [-0.1, -0.05) is 48.0 Å². The lowest BCUT2D eigenvalue weighted by Crippen LogP contribution is -2.09. The van der Waals surface area contributed by atoms with E-state index in [1.165, 1.54) is 22.9 Å². The number of aromatic nitrogens is 3. The Morgan fingerprint density at radius 3 is 2.48 bits per heavy atom. The zero-order valence-corrected chi connectivity index (χ0v) is 13.9. The number of benzene rings is 2. The van der Waals surface area contributed by atoms with Gasteiger partial charge in [0.1, 0.15) is 0 Å². The smallest absolute Gasteiger partial charge is 0.250 e. The second-order valence-electron chi connectivity index (χ2n) is 5.36. The van der Waals surface area contributed by atoms with Crippen LogP contribution in [0.4, 0.5) is 13.2 Å². The summed E-state index contributed by atoms with van der Waals surface area (Å²) >= 11 is 5.13. The van der Waals surface area contributed by atoms with Crippen LogP contribution in [-0.4, -0.2) is 21.1 Å². The van der Waals surface area contributed by atoms with E-state index < -0.39 is 11.7 Å². The van der Waals surface area contributed by atoms with E-state index in [0.29, 0.717) is 5.82 Å². The van der Waals surface area contributed by atoms with Crippen LogP contribution in [0.25, 0.3) is 11.4 Å². The van der Waals surface area contributed by atoms with Crippen molar-refractivity contribution in [2.75, 3.05) is 0 Å². The summed E-state index contributed by atoms with van der Waals surface area (Å²) in [6.45, 7) is 1.95. The number of hydrogen-bond donors (Lipinski definition) is 1. The number of aromatic amines is 1. The fraction of sp³-hybridized carbons (Fsp3) is 0.118. The van der Waals surface area contributed by atoms with Gasteiger partial charge in [-0.25, -0.2) is 5.10 Å². The zero-order valence-electron chi connectivity index (χ0n) is 13.1. The summed E-state index contributed by atoms with van der Waals surface area (Å²) in [4.78, 5) is 0. The Bertz CT molecular complexity index is 969. The number of H-pyrrole nitrogens is 1. The summed E-state index contributed by atoms with van der Waals surface area (Å²) in [5, 5.41) is 10.8. The van der Waals surface area contributed by atoms with Gasteiger partial charge < -0.3 is 0 Å². The fourth-order valence-corrected chi connectivity index (χ4v) is 2.46. The highest BCUT2D eigenvalue weighted by Gasteiger charge is 2.32. The molecule has 2 aromatic carbocycles. The van der Waals surface area contributed by atoms with Crippen LogP contribution in [0.3, 0.4) is 0 Å². The molecule has 0 saturated heterocycles. The quantitative estimate of drug-likeness (QED) is 0.536. The Labute approximate surface area is 146 Å². The second kappa shape index (κ2) is 6.64. The highest BCUT2D eigenvalue weighted by molar-refractivity contribution is 7.71. The molecule has 128 valence electrons. The van der Waals surface area contributed by atoms with Crippen LogP contribution >= 0.6 is 12.2 Å². The molecule has 0 amide bonds. The molecule has 4 nitrogen and oxygen atoms in total. The number of aryl methyl sites for hydroxylation is 1. The minimum Gasteiger partial charge on any atom is -0.250 e. The summed E-state index contributed by atoms with van der Waals surface area (Å²) in [5.41, 5.74) is 1.02. The van der Waals surface area contributed by atoms with Crippen molar-refractivity contribution in [3.63, 3.8) is 0 Å². The standard InChI is InChI=1S/C17H13F3N4S/c1-11-6-8-12(9-7-11)15-22-23-16(25)24(15)21-10-13-4-2-3-5-14(13)17(18,19)20/h2-10H,1H3,(H,23,25)/b21-10+. The van der Waals surface area contributed by atoms with Crippen LogP contribution in [0.5, 0.6) is 0 Å². The molecular weight excluding hydrogens is 349 g/mol. The van der Waals surface area contributed by atoms with E-state index >= 15 is 0 Å². The minimum atomic E-state index is -4.46. The predicted molar refractivity (Wildman–Crippen MR) is 92.0 cm³/mol. The van der Waals surface area contributed by atoms with E-state index in [0.717, 1.165) is 23.4 Å². The first-order chi connectivity index (χ1) is 11.9. The van der Waals surface area contributed by atoms with Crippen molar-refractivity contribution in [1.82, 2.24) is 14.9 Å². The van der Waals surface area contributed by atoms with Gasteiger partial charge in [0.05, 0.1) is 11.8 Å². The Balaban J connectivity index is 2.03. The van der Waals surface area contributed by atoms with Gasteiger partial charge in [-0.15, -0.1) is 0 Å². The van der Waals surface area contributed by atoms with Gasteiger partial charge in [-0.05, 0) is 25.2 Å². The molecule has 8 heteroatoms. The molecule has 25 heavy (non-hydrogen) atoms. The number of nitrogens with zero attached hydrogens (tertiary/aromatic N) is 3. The molecule has 1 N–H and O–H groups in total. The third-order valence-electron chi connectivity index (χ3n) is 3.54. The lowest BCUT2D eigenvalue weighted by molar-refractivity contribution is -0.137. The molecule has 0 unspecified atom stereocenters. The Morgan fingerprint density at radius 2 is 1.80 bits per heavy atom. The predicted octanol–water partition coefficient (Wildman–Crippen LogP) is 4.82. The summed E-state index contributed by atoms with van der Waals surface area (Å²) in [6.07, 6.45) is -3.33. The van der Waals surface area contributed by atoms with Crippen LogP contribution < -0.4 is 0 Å². The SMILES string of the molecule is Cc1ccc(-c2n[nH]c(=S)n2/N=C/c2ccccc2C(F)(F)F)cc1. The van der Waals surface area contributed by atoms with E-state index in [1.54, 1.807) is 0 Å². The number of nitrogens with one attached hydrogen (secondary N) is 1. The molecule has 3 aromatic rings. The summed E-state index contributed by atoms with van der Waals surface area (Å²) in [6, 6.07) is 12.7. The zero-order chi connectivity index (χ0) is 18.0. The maximum Gasteiger partial charge on any atom is 0.417 e. The maximum atomic E-state index is 13.1. The Hall–Kier alpha value is -2.74. The largest absolute Gasteiger partial charge is 0.417 e. The van der Waals surface area contributed by atoms with Gasteiger partial charge in [0, 0.05) is 11.1 Å². The topological polar surface area (TPSA) is 46.0 Å². The van der Waals surface area contributed by atoms with Crippen molar-refractivity contribution in [2.45, 2.75) is 13.1 Å². The van der Waals surface area contributed by atoms with Crippen LogP contribution in [0, 0.1) is 11.7 Å². The van der Waals surface area contributed by atoms with E-state index in [9.17, 15) is 13.2 Å². The van der Waals surface area contributed by atoms with E-state index in [4.69, 9.17) is 12.2 Å². The number of rotatable bonds is 3. The summed E-state index contributed by atoms with van der Waals surface area (Å²) < 4.78 is 40.7. The summed E-state index contributed by atoms with van der Waals surface area (Å²) in [5.74, 6) is 0.422. The van der Waals surface area contributed by atoms with Gasteiger partial charge >= 0.3 is 6.18 Å². The van der Waals surface area contributed by atoms with Gasteiger partial charge in [-0.3, -0.25) is 0 Å². The monoisotopic (exact) mass is 362 g/mol.